The van der Waals surface area contributed by atoms with E-state index in [1.807, 2.05) is 31.2 Å². The van der Waals surface area contributed by atoms with Crippen molar-refractivity contribution < 1.29 is 19.7 Å². The molecule has 0 saturated carbocycles. The number of aryl methyl sites for hydroxylation is 1. The third-order valence-electron chi connectivity index (χ3n) is 4.29. The second-order valence-electron chi connectivity index (χ2n) is 6.84. The number of carbonyl (C=O) groups excluding carboxylic acids is 1. The molecule has 0 spiro atoms. The van der Waals surface area contributed by atoms with E-state index in [0.29, 0.717) is 17.9 Å². The van der Waals surface area contributed by atoms with Gasteiger partial charge in [-0.25, -0.2) is 0 Å². The first-order valence-electron chi connectivity index (χ1n) is 8.74. The molecule has 138 valence electrons. The molecule has 26 heavy (non-hydrogen) atoms. The van der Waals surface area contributed by atoms with Crippen molar-refractivity contribution in [3.63, 3.8) is 0 Å². The standard InChI is InChI=1S/C22H26O4/c1-14(2)5-11-17-19(24)13-20(26-4)21(22(17)25)18(23)12-10-16-8-6-15(3)7-9-16/h6-10,12-14,24-25H,5,11H2,1-4H3/b12-10+. The highest BCUT2D eigenvalue weighted by Crippen LogP contribution is 2.39. The number of ketones is 1. The summed E-state index contributed by atoms with van der Waals surface area (Å²) in [4.78, 5) is 12.7. The Hall–Kier alpha value is -2.75. The van der Waals surface area contributed by atoms with Crippen LogP contribution in [0, 0.1) is 12.8 Å². The molecule has 0 bridgehead atoms. The van der Waals surface area contributed by atoms with E-state index in [1.165, 1.54) is 19.3 Å². The van der Waals surface area contributed by atoms with Gasteiger partial charge in [-0.1, -0.05) is 49.8 Å². The maximum absolute atomic E-state index is 12.7. The van der Waals surface area contributed by atoms with Gasteiger partial charge in [0.05, 0.1) is 7.11 Å². The van der Waals surface area contributed by atoms with Gasteiger partial charge in [0, 0.05) is 11.6 Å². The summed E-state index contributed by atoms with van der Waals surface area (Å²) in [5, 5.41) is 20.8. The zero-order valence-corrected chi connectivity index (χ0v) is 15.7. The van der Waals surface area contributed by atoms with Crippen LogP contribution in [0.2, 0.25) is 0 Å². The van der Waals surface area contributed by atoms with E-state index >= 15 is 0 Å². The summed E-state index contributed by atoms with van der Waals surface area (Å²) in [7, 11) is 1.41. The lowest BCUT2D eigenvalue weighted by atomic mass is 9.96. The molecule has 0 unspecified atom stereocenters. The highest BCUT2D eigenvalue weighted by atomic mass is 16.5. The lowest BCUT2D eigenvalue weighted by Crippen LogP contribution is -2.03. The highest BCUT2D eigenvalue weighted by Gasteiger charge is 2.22. The van der Waals surface area contributed by atoms with Gasteiger partial charge in [0.1, 0.15) is 22.8 Å². The van der Waals surface area contributed by atoms with Crippen molar-refractivity contribution in [2.24, 2.45) is 5.92 Å². The topological polar surface area (TPSA) is 66.8 Å². The molecule has 0 aliphatic carbocycles. The zero-order chi connectivity index (χ0) is 19.3. The van der Waals surface area contributed by atoms with Crippen LogP contribution in [0.5, 0.6) is 17.2 Å². The van der Waals surface area contributed by atoms with E-state index in [4.69, 9.17) is 4.74 Å². The summed E-state index contributed by atoms with van der Waals surface area (Å²) in [6.07, 6.45) is 4.38. The Morgan fingerprint density at radius 2 is 1.85 bits per heavy atom. The fourth-order valence-corrected chi connectivity index (χ4v) is 2.68. The average molecular weight is 354 g/mol. The van der Waals surface area contributed by atoms with Gasteiger partial charge in [-0.05, 0) is 37.3 Å². The molecular weight excluding hydrogens is 328 g/mol. The molecule has 4 nitrogen and oxygen atoms in total. The lowest BCUT2D eigenvalue weighted by molar-refractivity contribution is 0.104. The number of carbonyl (C=O) groups is 1. The minimum absolute atomic E-state index is 0.0564. The Bertz CT molecular complexity index is 802. The van der Waals surface area contributed by atoms with Gasteiger partial charge >= 0.3 is 0 Å². The van der Waals surface area contributed by atoms with E-state index in [0.717, 1.165) is 17.5 Å². The van der Waals surface area contributed by atoms with Crippen LogP contribution in [0.4, 0.5) is 0 Å². The first-order chi connectivity index (χ1) is 12.3. The SMILES string of the molecule is COc1cc(O)c(CCC(C)C)c(O)c1C(=O)/C=C/c1ccc(C)cc1. The predicted molar refractivity (Wildman–Crippen MR) is 104 cm³/mol. The number of methoxy groups -OCH3 is 1. The average Bonchev–Trinajstić information content (AvgIpc) is 2.60. The van der Waals surface area contributed by atoms with Gasteiger partial charge in [-0.3, -0.25) is 4.79 Å². The molecule has 2 N–H and O–H groups in total. The van der Waals surface area contributed by atoms with Gasteiger partial charge in [-0.15, -0.1) is 0 Å². The fraction of sp³-hybridized carbons (Fsp3) is 0.318. The van der Waals surface area contributed by atoms with Gasteiger partial charge < -0.3 is 14.9 Å². The van der Waals surface area contributed by atoms with Gasteiger partial charge in [0.2, 0.25) is 0 Å². The van der Waals surface area contributed by atoms with Crippen LogP contribution in [-0.2, 0) is 6.42 Å². The number of aromatic hydroxyl groups is 2. The first-order valence-corrected chi connectivity index (χ1v) is 8.74. The number of rotatable bonds is 7. The van der Waals surface area contributed by atoms with Crippen molar-refractivity contribution >= 4 is 11.9 Å². The van der Waals surface area contributed by atoms with Crippen LogP contribution >= 0.6 is 0 Å². The smallest absolute Gasteiger partial charge is 0.193 e. The highest BCUT2D eigenvalue weighted by molar-refractivity contribution is 6.11. The summed E-state index contributed by atoms with van der Waals surface area (Å²) in [6, 6.07) is 9.16. The number of benzene rings is 2. The normalized spacial score (nSPS) is 11.3. The molecule has 0 radical (unpaired) electrons. The van der Waals surface area contributed by atoms with Gasteiger partial charge in [-0.2, -0.15) is 0 Å². The Morgan fingerprint density at radius 3 is 2.42 bits per heavy atom. The maximum atomic E-state index is 12.7. The second-order valence-corrected chi connectivity index (χ2v) is 6.84. The zero-order valence-electron chi connectivity index (χ0n) is 15.7. The molecule has 4 heteroatoms. The quantitative estimate of drug-likeness (QED) is 0.548. The van der Waals surface area contributed by atoms with E-state index in [9.17, 15) is 15.0 Å². The summed E-state index contributed by atoms with van der Waals surface area (Å²) >= 11 is 0. The largest absolute Gasteiger partial charge is 0.507 e. The van der Waals surface area contributed by atoms with Crippen LogP contribution in [-0.4, -0.2) is 23.1 Å². The number of ether oxygens (including phenoxy) is 1. The van der Waals surface area contributed by atoms with Gasteiger partial charge in [0.25, 0.3) is 0 Å². The van der Waals surface area contributed by atoms with Crippen molar-refractivity contribution in [1.29, 1.82) is 0 Å². The van der Waals surface area contributed by atoms with E-state index in [-0.39, 0.29) is 28.6 Å². The Morgan fingerprint density at radius 1 is 1.19 bits per heavy atom. The van der Waals surface area contributed by atoms with E-state index < -0.39 is 0 Å². The van der Waals surface area contributed by atoms with Crippen LogP contribution in [0.15, 0.2) is 36.4 Å². The molecule has 0 heterocycles. The molecule has 2 aromatic carbocycles. The van der Waals surface area contributed by atoms with Crippen LogP contribution in [0.3, 0.4) is 0 Å². The number of hydrogen-bond donors (Lipinski definition) is 2. The van der Waals surface area contributed by atoms with E-state index in [1.54, 1.807) is 6.08 Å². The van der Waals surface area contributed by atoms with Crippen molar-refractivity contribution in [1.82, 2.24) is 0 Å². The Labute approximate surface area is 154 Å². The third-order valence-corrected chi connectivity index (χ3v) is 4.29. The van der Waals surface area contributed by atoms with Crippen LogP contribution < -0.4 is 4.74 Å². The van der Waals surface area contributed by atoms with Gasteiger partial charge in [0.15, 0.2) is 5.78 Å². The molecule has 2 rings (SSSR count). The number of hydrogen-bond acceptors (Lipinski definition) is 4. The van der Waals surface area contributed by atoms with Crippen molar-refractivity contribution in [3.05, 3.63) is 58.7 Å². The number of phenolic OH excluding ortho intramolecular Hbond substituents is 2. The van der Waals surface area contributed by atoms with Crippen molar-refractivity contribution in [2.45, 2.75) is 33.6 Å². The molecule has 0 aliphatic rings. The number of phenols is 2. The molecule has 0 fully saturated rings. The molecule has 0 amide bonds. The molecule has 0 atom stereocenters. The summed E-state index contributed by atoms with van der Waals surface area (Å²) < 4.78 is 5.20. The third kappa shape index (κ3) is 4.66. The molecule has 0 saturated heterocycles. The van der Waals surface area contributed by atoms with Crippen molar-refractivity contribution in [3.8, 4) is 17.2 Å². The molecule has 2 aromatic rings. The maximum Gasteiger partial charge on any atom is 0.193 e. The fourth-order valence-electron chi connectivity index (χ4n) is 2.68. The predicted octanol–water partition coefficient (Wildman–Crippen LogP) is 4.90. The summed E-state index contributed by atoms with van der Waals surface area (Å²) in [5.41, 5.74) is 2.49. The van der Waals surface area contributed by atoms with Crippen LogP contribution in [0.25, 0.3) is 6.08 Å². The molecule has 0 aromatic heterocycles. The monoisotopic (exact) mass is 354 g/mol. The van der Waals surface area contributed by atoms with Crippen molar-refractivity contribution in [2.75, 3.05) is 7.11 Å². The minimum Gasteiger partial charge on any atom is -0.507 e. The van der Waals surface area contributed by atoms with E-state index in [2.05, 4.69) is 13.8 Å². The Balaban J connectivity index is 2.37. The minimum atomic E-state index is -0.370. The summed E-state index contributed by atoms with van der Waals surface area (Å²) in [6.45, 7) is 6.12. The molecular formula is C22H26O4. The first kappa shape index (κ1) is 19.6. The van der Waals surface area contributed by atoms with Crippen LogP contribution in [0.1, 0.15) is 47.3 Å². The molecule has 0 aliphatic heterocycles. The number of allylic oxidation sites excluding steroid dienone is 1. The Kier molecular flexibility index (Phi) is 6.45. The lowest BCUT2D eigenvalue weighted by Gasteiger charge is -2.15. The summed E-state index contributed by atoms with van der Waals surface area (Å²) in [5.74, 6) is -0.0609. The second kappa shape index (κ2) is 8.56.